The van der Waals surface area contributed by atoms with Gasteiger partial charge in [-0.15, -0.1) is 0 Å². The molecule has 0 fully saturated rings. The highest BCUT2D eigenvalue weighted by Crippen LogP contribution is 2.12. The molecule has 0 atom stereocenters. The molecular formula is C30H42N4O6+2. The van der Waals surface area contributed by atoms with Gasteiger partial charge in [0.25, 0.3) is 0 Å². The van der Waals surface area contributed by atoms with Crippen LogP contribution < -0.4 is 9.13 Å². The van der Waals surface area contributed by atoms with Crippen LogP contribution in [0.1, 0.15) is 0 Å². The first-order chi connectivity index (χ1) is 19.9. The van der Waals surface area contributed by atoms with Crippen LogP contribution in [0.2, 0.25) is 0 Å². The van der Waals surface area contributed by atoms with E-state index in [-0.39, 0.29) is 0 Å². The van der Waals surface area contributed by atoms with Crippen molar-refractivity contribution in [3.8, 4) is 0 Å². The molecule has 10 heteroatoms. The van der Waals surface area contributed by atoms with Crippen LogP contribution in [0.25, 0.3) is 22.1 Å². The van der Waals surface area contributed by atoms with Gasteiger partial charge in [0.2, 0.25) is 12.7 Å². The molecule has 40 heavy (non-hydrogen) atoms. The average Bonchev–Trinajstić information content (AvgIpc) is 3.52. The van der Waals surface area contributed by atoms with Crippen molar-refractivity contribution in [2.75, 3.05) is 79.3 Å². The van der Waals surface area contributed by atoms with Crippen molar-refractivity contribution >= 4 is 22.1 Å². The van der Waals surface area contributed by atoms with Gasteiger partial charge in [-0.05, 0) is 24.3 Å². The largest absolute Gasteiger partial charge is 0.377 e. The van der Waals surface area contributed by atoms with E-state index in [2.05, 4.69) is 79.5 Å². The van der Waals surface area contributed by atoms with Crippen LogP contribution in [-0.2, 0) is 54.6 Å². The van der Waals surface area contributed by atoms with Gasteiger partial charge in [0.05, 0.1) is 79.3 Å². The van der Waals surface area contributed by atoms with Gasteiger partial charge >= 0.3 is 0 Å². The zero-order valence-corrected chi connectivity index (χ0v) is 23.3. The molecule has 0 spiro atoms. The lowest BCUT2D eigenvalue weighted by Crippen LogP contribution is -2.35. The van der Waals surface area contributed by atoms with Gasteiger partial charge in [0.15, 0.2) is 22.1 Å². The standard InChI is InChI=1S/C30H42N4O6/c1-2-6-28-27(5-1)31-9-13-35-17-21-39-23-19-37-15-11-33-26-34(30-8-4-3-7-29(30)33)12-16-38-20-24-40-22-18-36-14-10-32(28)25-31/h1-8,25-26H,9-24H2/q+2. The fourth-order valence-corrected chi connectivity index (χ4v) is 4.93. The van der Waals surface area contributed by atoms with Crippen LogP contribution in [0.3, 0.4) is 0 Å². The molecule has 4 aromatic rings. The molecule has 0 unspecified atom stereocenters. The Hall–Kier alpha value is -2.86. The fourth-order valence-electron chi connectivity index (χ4n) is 4.93. The van der Waals surface area contributed by atoms with Gasteiger partial charge in [0.1, 0.15) is 26.2 Å². The van der Waals surface area contributed by atoms with Gasteiger partial charge in [-0.1, -0.05) is 24.3 Å². The Balaban J connectivity index is 1.12. The minimum absolute atomic E-state index is 0.557. The van der Waals surface area contributed by atoms with Crippen molar-refractivity contribution < 1.29 is 37.6 Å². The van der Waals surface area contributed by atoms with E-state index in [1.54, 1.807) is 0 Å². The Morgan fingerprint density at radius 3 is 1.20 bits per heavy atom. The topological polar surface area (TPSA) is 73.0 Å². The normalized spacial score (nSPS) is 18.8. The average molecular weight is 555 g/mol. The summed E-state index contributed by atoms with van der Waals surface area (Å²) in [7, 11) is 0. The summed E-state index contributed by atoms with van der Waals surface area (Å²) in [5.41, 5.74) is 4.76. The number of aromatic nitrogens is 4. The van der Waals surface area contributed by atoms with Gasteiger partial charge in [-0.2, -0.15) is 0 Å². The Morgan fingerprint density at radius 2 is 0.775 bits per heavy atom. The third kappa shape index (κ3) is 8.09. The second-order valence-electron chi connectivity index (χ2n) is 9.66. The van der Waals surface area contributed by atoms with E-state index in [1.165, 1.54) is 22.1 Å². The minimum atomic E-state index is 0.557. The summed E-state index contributed by atoms with van der Waals surface area (Å²) in [6, 6.07) is 16.8. The highest BCUT2D eigenvalue weighted by molar-refractivity contribution is 5.72. The van der Waals surface area contributed by atoms with E-state index in [0.29, 0.717) is 79.3 Å². The van der Waals surface area contributed by atoms with Crippen LogP contribution in [0.15, 0.2) is 61.2 Å². The molecule has 0 saturated heterocycles. The predicted molar refractivity (Wildman–Crippen MR) is 149 cm³/mol. The van der Waals surface area contributed by atoms with Gasteiger partial charge in [-0.3, -0.25) is 0 Å². The number of rotatable bonds is 0. The smallest absolute Gasteiger partial charge is 0.244 e. The summed E-state index contributed by atoms with van der Waals surface area (Å²) in [6.45, 7) is 10.1. The molecule has 1 aliphatic heterocycles. The van der Waals surface area contributed by atoms with Crippen molar-refractivity contribution in [3.05, 3.63) is 61.2 Å². The molecular weight excluding hydrogens is 512 g/mol. The van der Waals surface area contributed by atoms with Crippen LogP contribution in [0, 0.1) is 0 Å². The van der Waals surface area contributed by atoms with E-state index >= 15 is 0 Å². The van der Waals surface area contributed by atoms with Gasteiger partial charge in [0, 0.05) is 0 Å². The van der Waals surface area contributed by atoms with Crippen LogP contribution >= 0.6 is 0 Å². The lowest BCUT2D eigenvalue weighted by Gasteiger charge is -2.06. The van der Waals surface area contributed by atoms with E-state index in [0.717, 1.165) is 26.2 Å². The van der Waals surface area contributed by atoms with Crippen LogP contribution in [0.5, 0.6) is 0 Å². The summed E-state index contributed by atoms with van der Waals surface area (Å²) in [4.78, 5) is 0. The summed E-state index contributed by atoms with van der Waals surface area (Å²) in [5.74, 6) is 0. The number of hydrogen-bond acceptors (Lipinski definition) is 6. The zero-order valence-electron chi connectivity index (χ0n) is 23.3. The van der Waals surface area contributed by atoms with Crippen molar-refractivity contribution in [1.29, 1.82) is 0 Å². The second kappa shape index (κ2) is 15.8. The van der Waals surface area contributed by atoms with Gasteiger partial charge in [-0.25, -0.2) is 18.3 Å². The van der Waals surface area contributed by atoms with Crippen molar-refractivity contribution in [2.45, 2.75) is 26.2 Å². The number of imidazole rings is 2. The zero-order chi connectivity index (χ0) is 27.2. The predicted octanol–water partition coefficient (Wildman–Crippen LogP) is 1.98. The van der Waals surface area contributed by atoms with E-state index in [1.807, 2.05) is 0 Å². The number of ether oxygens (including phenoxy) is 6. The lowest BCUT2D eigenvalue weighted by atomic mass is 10.3. The van der Waals surface area contributed by atoms with Crippen molar-refractivity contribution in [1.82, 2.24) is 9.13 Å². The summed E-state index contributed by atoms with van der Waals surface area (Å²) in [6.07, 6.45) is 4.28. The number of para-hydroxylation sites is 4. The minimum Gasteiger partial charge on any atom is -0.377 e. The number of fused-ring (bicyclic) bond motifs is 10. The third-order valence-corrected chi connectivity index (χ3v) is 6.95. The third-order valence-electron chi connectivity index (χ3n) is 6.95. The molecule has 0 saturated carbocycles. The van der Waals surface area contributed by atoms with Crippen molar-refractivity contribution in [3.63, 3.8) is 0 Å². The molecule has 2 aromatic carbocycles. The van der Waals surface area contributed by atoms with Gasteiger partial charge < -0.3 is 28.4 Å². The Labute approximate surface area is 235 Å². The van der Waals surface area contributed by atoms with Crippen LogP contribution in [-0.4, -0.2) is 88.4 Å². The summed E-state index contributed by atoms with van der Waals surface area (Å²) < 4.78 is 43.7. The molecule has 216 valence electrons. The first-order valence-corrected chi connectivity index (χ1v) is 14.3. The summed E-state index contributed by atoms with van der Waals surface area (Å²) in [5, 5.41) is 0. The lowest BCUT2D eigenvalue weighted by molar-refractivity contribution is -0.674. The van der Waals surface area contributed by atoms with E-state index in [9.17, 15) is 0 Å². The number of hydrogen-bond donors (Lipinski definition) is 0. The molecule has 0 radical (unpaired) electrons. The SMILES string of the molecule is c1ccc2c(c1)n1c[n+]2CCOCCOCCOCC[n+]2cn(c3ccccc32)CCOCCOCCOCC1. The molecule has 10 nitrogen and oxygen atoms in total. The highest BCUT2D eigenvalue weighted by atomic mass is 16.5. The van der Waals surface area contributed by atoms with Crippen LogP contribution in [0.4, 0.5) is 0 Å². The van der Waals surface area contributed by atoms with E-state index < -0.39 is 0 Å². The quantitative estimate of drug-likeness (QED) is 0.310. The monoisotopic (exact) mass is 554 g/mol. The Kier molecular flexibility index (Phi) is 11.3. The maximum absolute atomic E-state index is 5.84. The molecule has 1 aliphatic rings. The molecule has 3 heterocycles. The molecule has 0 aliphatic carbocycles. The molecule has 4 bridgehead atoms. The fraction of sp³-hybridized carbons (Fsp3) is 0.533. The molecule has 5 rings (SSSR count). The maximum atomic E-state index is 5.84. The molecule has 0 N–H and O–H groups in total. The second-order valence-corrected chi connectivity index (χ2v) is 9.66. The number of nitrogens with zero attached hydrogens (tertiary/aromatic N) is 4. The first kappa shape index (κ1) is 28.7. The Morgan fingerprint density at radius 1 is 0.425 bits per heavy atom. The maximum Gasteiger partial charge on any atom is 0.244 e. The number of benzene rings is 2. The highest BCUT2D eigenvalue weighted by Gasteiger charge is 2.16. The Bertz CT molecular complexity index is 1110. The molecule has 2 aromatic heterocycles. The summed E-state index contributed by atoms with van der Waals surface area (Å²) >= 11 is 0. The first-order valence-electron chi connectivity index (χ1n) is 14.3. The molecule has 0 amide bonds. The van der Waals surface area contributed by atoms with E-state index in [4.69, 9.17) is 28.4 Å². The van der Waals surface area contributed by atoms with Crippen molar-refractivity contribution in [2.24, 2.45) is 0 Å².